The van der Waals surface area contributed by atoms with Gasteiger partial charge in [0.25, 0.3) is 0 Å². The Hall–Kier alpha value is -3.16. The van der Waals surface area contributed by atoms with Crippen LogP contribution in [0.3, 0.4) is 0 Å². The van der Waals surface area contributed by atoms with Gasteiger partial charge in [-0.25, -0.2) is 9.97 Å². The lowest BCUT2D eigenvalue weighted by molar-refractivity contribution is -0.141. The first-order chi connectivity index (χ1) is 11.4. The molecule has 0 bridgehead atoms. The number of benzene rings is 1. The van der Waals surface area contributed by atoms with E-state index >= 15 is 0 Å². The van der Waals surface area contributed by atoms with Gasteiger partial charge < -0.3 is 11.5 Å². The smallest absolute Gasteiger partial charge is 0.384 e. The van der Waals surface area contributed by atoms with E-state index in [4.69, 9.17) is 11.5 Å². The van der Waals surface area contributed by atoms with Crippen molar-refractivity contribution in [2.45, 2.75) is 6.18 Å². The standard InChI is InChI=1S/C10H9N3.C6H5F3N2/c11-10-9(12-6-7-13-10)8-4-2-1-3-5-8;7-6(8,9)4-2-1-3-5(10)11-4/h1-7H,(H2,11,13);1-3H,(H2,10,11). The van der Waals surface area contributed by atoms with Crippen LogP contribution in [-0.4, -0.2) is 15.0 Å². The molecule has 8 heteroatoms. The lowest BCUT2D eigenvalue weighted by atomic mass is 10.1. The Kier molecular flexibility index (Phi) is 5.31. The molecule has 0 radical (unpaired) electrons. The molecular formula is C16H14F3N5. The van der Waals surface area contributed by atoms with Crippen LogP contribution in [0.2, 0.25) is 0 Å². The molecule has 4 N–H and O–H groups in total. The van der Waals surface area contributed by atoms with Crippen LogP contribution in [0.15, 0.2) is 60.9 Å². The zero-order valence-electron chi connectivity index (χ0n) is 12.4. The predicted octanol–water partition coefficient (Wildman–Crippen LogP) is 3.41. The maximum atomic E-state index is 11.8. The van der Waals surface area contributed by atoms with Crippen LogP contribution in [0.1, 0.15) is 5.69 Å². The Balaban J connectivity index is 0.000000177. The van der Waals surface area contributed by atoms with Gasteiger partial charge in [0.05, 0.1) is 0 Å². The molecule has 124 valence electrons. The molecule has 0 aliphatic heterocycles. The number of alkyl halides is 3. The summed E-state index contributed by atoms with van der Waals surface area (Å²) in [4.78, 5) is 11.2. The lowest BCUT2D eigenvalue weighted by Gasteiger charge is -2.04. The lowest BCUT2D eigenvalue weighted by Crippen LogP contribution is -2.08. The minimum absolute atomic E-state index is 0.125. The molecule has 24 heavy (non-hydrogen) atoms. The molecule has 3 aromatic rings. The van der Waals surface area contributed by atoms with Gasteiger partial charge in [0.2, 0.25) is 0 Å². The molecule has 3 rings (SSSR count). The summed E-state index contributed by atoms with van der Waals surface area (Å²) in [6.07, 6.45) is -1.18. The summed E-state index contributed by atoms with van der Waals surface area (Å²) in [6.45, 7) is 0. The molecule has 0 amide bonds. The fraction of sp³-hybridized carbons (Fsp3) is 0.0625. The van der Waals surface area contributed by atoms with Gasteiger partial charge in [0, 0.05) is 18.0 Å². The summed E-state index contributed by atoms with van der Waals surface area (Å²) >= 11 is 0. The van der Waals surface area contributed by atoms with E-state index < -0.39 is 11.9 Å². The largest absolute Gasteiger partial charge is 0.433 e. The summed E-state index contributed by atoms with van der Waals surface area (Å²) in [7, 11) is 0. The maximum absolute atomic E-state index is 11.8. The summed E-state index contributed by atoms with van der Waals surface area (Å²) < 4.78 is 35.5. The molecular weight excluding hydrogens is 319 g/mol. The van der Waals surface area contributed by atoms with Crippen LogP contribution >= 0.6 is 0 Å². The Labute approximate surface area is 136 Å². The number of halogens is 3. The molecule has 2 heterocycles. The van der Waals surface area contributed by atoms with Gasteiger partial charge in [-0.2, -0.15) is 13.2 Å². The number of aromatic nitrogens is 3. The molecule has 0 spiro atoms. The number of nitrogens with two attached hydrogens (primary N) is 2. The van der Waals surface area contributed by atoms with Crippen molar-refractivity contribution in [3.63, 3.8) is 0 Å². The molecule has 0 fully saturated rings. The monoisotopic (exact) mass is 333 g/mol. The number of nitrogen functional groups attached to an aromatic ring is 2. The molecule has 0 aliphatic carbocycles. The third kappa shape index (κ3) is 4.67. The highest BCUT2D eigenvalue weighted by molar-refractivity contribution is 5.68. The van der Waals surface area contributed by atoms with Gasteiger partial charge in [0.15, 0.2) is 0 Å². The van der Waals surface area contributed by atoms with Crippen molar-refractivity contribution in [1.29, 1.82) is 0 Å². The van der Waals surface area contributed by atoms with Crippen molar-refractivity contribution >= 4 is 11.6 Å². The summed E-state index contributed by atoms with van der Waals surface area (Å²) in [5.41, 5.74) is 11.5. The van der Waals surface area contributed by atoms with E-state index in [2.05, 4.69) is 15.0 Å². The van der Waals surface area contributed by atoms with E-state index in [-0.39, 0.29) is 5.82 Å². The number of nitrogens with zero attached hydrogens (tertiary/aromatic N) is 3. The Morgan fingerprint density at radius 1 is 0.792 bits per heavy atom. The van der Waals surface area contributed by atoms with Crippen LogP contribution in [-0.2, 0) is 6.18 Å². The van der Waals surface area contributed by atoms with E-state index in [9.17, 15) is 13.2 Å². The first-order valence-electron chi connectivity index (χ1n) is 6.79. The highest BCUT2D eigenvalue weighted by atomic mass is 19.4. The van der Waals surface area contributed by atoms with Crippen LogP contribution in [0.5, 0.6) is 0 Å². The quantitative estimate of drug-likeness (QED) is 0.712. The molecule has 0 saturated heterocycles. The van der Waals surface area contributed by atoms with Gasteiger partial charge in [0.1, 0.15) is 23.0 Å². The number of hydrogen-bond donors (Lipinski definition) is 2. The first-order valence-corrected chi connectivity index (χ1v) is 6.79. The third-order valence-electron chi connectivity index (χ3n) is 2.83. The van der Waals surface area contributed by atoms with Gasteiger partial charge >= 0.3 is 6.18 Å². The fourth-order valence-electron chi connectivity index (χ4n) is 1.78. The third-order valence-corrected chi connectivity index (χ3v) is 2.83. The van der Waals surface area contributed by atoms with Crippen LogP contribution in [0.25, 0.3) is 11.3 Å². The number of pyridine rings is 1. The Morgan fingerprint density at radius 3 is 2.00 bits per heavy atom. The van der Waals surface area contributed by atoms with E-state index in [0.29, 0.717) is 5.82 Å². The summed E-state index contributed by atoms with van der Waals surface area (Å²) in [5, 5.41) is 0. The summed E-state index contributed by atoms with van der Waals surface area (Å²) in [6, 6.07) is 13.2. The van der Waals surface area contributed by atoms with E-state index in [1.165, 1.54) is 12.1 Å². The minimum atomic E-state index is -4.41. The Bertz CT molecular complexity index is 791. The molecule has 0 atom stereocenters. The second-order valence-electron chi connectivity index (χ2n) is 4.60. The average Bonchev–Trinajstić information content (AvgIpc) is 2.56. The van der Waals surface area contributed by atoms with Crippen LogP contribution in [0, 0.1) is 0 Å². The van der Waals surface area contributed by atoms with Crippen molar-refractivity contribution in [1.82, 2.24) is 15.0 Å². The number of hydrogen-bond acceptors (Lipinski definition) is 5. The topological polar surface area (TPSA) is 90.7 Å². The zero-order valence-corrected chi connectivity index (χ0v) is 12.4. The normalized spacial score (nSPS) is 10.6. The Morgan fingerprint density at radius 2 is 1.46 bits per heavy atom. The minimum Gasteiger partial charge on any atom is -0.384 e. The highest BCUT2D eigenvalue weighted by Crippen LogP contribution is 2.27. The van der Waals surface area contributed by atoms with Crippen molar-refractivity contribution in [2.75, 3.05) is 11.5 Å². The van der Waals surface area contributed by atoms with Crippen LogP contribution < -0.4 is 11.5 Å². The summed E-state index contributed by atoms with van der Waals surface area (Å²) in [5.74, 6) is 0.341. The molecule has 0 saturated carbocycles. The predicted molar refractivity (Wildman–Crippen MR) is 85.5 cm³/mol. The van der Waals surface area contributed by atoms with E-state index in [1.54, 1.807) is 12.4 Å². The highest BCUT2D eigenvalue weighted by Gasteiger charge is 2.32. The fourth-order valence-corrected chi connectivity index (χ4v) is 1.78. The SMILES string of the molecule is Nc1cccc(C(F)(F)F)n1.Nc1nccnc1-c1ccccc1. The van der Waals surface area contributed by atoms with Crippen LogP contribution in [0.4, 0.5) is 24.8 Å². The zero-order chi connectivity index (χ0) is 17.6. The van der Waals surface area contributed by atoms with Gasteiger partial charge in [-0.15, -0.1) is 0 Å². The van der Waals surface area contributed by atoms with Crippen molar-refractivity contribution in [2.24, 2.45) is 0 Å². The maximum Gasteiger partial charge on any atom is 0.433 e. The number of rotatable bonds is 1. The van der Waals surface area contributed by atoms with E-state index in [1.807, 2.05) is 30.3 Å². The molecule has 0 unspecified atom stereocenters. The van der Waals surface area contributed by atoms with Gasteiger partial charge in [-0.05, 0) is 12.1 Å². The van der Waals surface area contributed by atoms with Crippen molar-refractivity contribution < 1.29 is 13.2 Å². The van der Waals surface area contributed by atoms with E-state index in [0.717, 1.165) is 17.3 Å². The molecule has 2 aromatic heterocycles. The number of anilines is 2. The second kappa shape index (κ2) is 7.40. The molecule has 1 aromatic carbocycles. The molecule has 5 nitrogen and oxygen atoms in total. The van der Waals surface area contributed by atoms with Gasteiger partial charge in [-0.1, -0.05) is 36.4 Å². The first kappa shape index (κ1) is 17.2. The molecule has 0 aliphatic rings. The average molecular weight is 333 g/mol. The van der Waals surface area contributed by atoms with Crippen molar-refractivity contribution in [3.05, 3.63) is 66.6 Å². The van der Waals surface area contributed by atoms with Crippen molar-refractivity contribution in [3.8, 4) is 11.3 Å². The van der Waals surface area contributed by atoms with Gasteiger partial charge in [-0.3, -0.25) is 4.98 Å². The second-order valence-corrected chi connectivity index (χ2v) is 4.60.